The molecule has 0 aromatic heterocycles. The van der Waals surface area contributed by atoms with Crippen LogP contribution in [0.5, 0.6) is 0 Å². The molecule has 1 saturated heterocycles. The van der Waals surface area contributed by atoms with Crippen molar-refractivity contribution in [3.63, 3.8) is 0 Å². The van der Waals surface area contributed by atoms with Gasteiger partial charge in [0, 0.05) is 23.7 Å². The maximum absolute atomic E-state index is 6.23. The molecule has 3 aliphatic rings. The van der Waals surface area contributed by atoms with Crippen molar-refractivity contribution in [2.75, 3.05) is 11.4 Å². The lowest BCUT2D eigenvalue weighted by Crippen LogP contribution is -2.41. The second-order valence-electron chi connectivity index (χ2n) is 9.11. The molecule has 4 rings (SSSR count). The molecular weight excluding hydrogens is 285 g/mol. The van der Waals surface area contributed by atoms with E-state index in [1.165, 1.54) is 24.1 Å². The van der Waals surface area contributed by atoms with Crippen molar-refractivity contribution in [1.29, 1.82) is 0 Å². The van der Waals surface area contributed by atoms with Crippen molar-refractivity contribution >= 4 is 18.3 Å². The Morgan fingerprint density at radius 1 is 1.00 bits per heavy atom. The molecule has 1 aliphatic carbocycles. The Labute approximate surface area is 140 Å². The van der Waals surface area contributed by atoms with Gasteiger partial charge in [0.15, 0.2) is 0 Å². The van der Waals surface area contributed by atoms with Gasteiger partial charge in [-0.3, -0.25) is 0 Å². The predicted molar refractivity (Wildman–Crippen MR) is 95.6 cm³/mol. The molecule has 0 unspecified atom stereocenters. The van der Waals surface area contributed by atoms with Crippen LogP contribution in [0.15, 0.2) is 18.2 Å². The van der Waals surface area contributed by atoms with E-state index in [0.717, 1.165) is 18.0 Å². The summed E-state index contributed by atoms with van der Waals surface area (Å²) in [4.78, 5) is 2.60. The quantitative estimate of drug-likeness (QED) is 0.782. The van der Waals surface area contributed by atoms with E-state index in [0.29, 0.717) is 0 Å². The molecule has 124 valence electrons. The van der Waals surface area contributed by atoms with Gasteiger partial charge in [-0.25, -0.2) is 0 Å². The summed E-state index contributed by atoms with van der Waals surface area (Å²) in [6, 6.07) is 7.53. The average molecular weight is 313 g/mol. The number of nitrogens with zero attached hydrogens (tertiary/aromatic N) is 1. The maximum Gasteiger partial charge on any atom is 0.494 e. The SMILES string of the molecule is CC1(C)CN(C2CC2)c2cc(B3OC(C)(C)C(C)(C)O3)ccc21. The van der Waals surface area contributed by atoms with Gasteiger partial charge in [-0.1, -0.05) is 26.0 Å². The molecule has 23 heavy (non-hydrogen) atoms. The lowest BCUT2D eigenvalue weighted by Gasteiger charge is -2.32. The first-order chi connectivity index (χ1) is 10.6. The molecular formula is C19H28BNO2. The number of anilines is 1. The highest BCUT2D eigenvalue weighted by molar-refractivity contribution is 6.62. The second-order valence-corrected chi connectivity index (χ2v) is 9.11. The fourth-order valence-corrected chi connectivity index (χ4v) is 3.79. The van der Waals surface area contributed by atoms with Gasteiger partial charge in [0.05, 0.1) is 11.2 Å². The van der Waals surface area contributed by atoms with Gasteiger partial charge in [0.25, 0.3) is 0 Å². The van der Waals surface area contributed by atoms with E-state index in [1.807, 2.05) is 0 Å². The van der Waals surface area contributed by atoms with Gasteiger partial charge < -0.3 is 14.2 Å². The molecule has 2 aliphatic heterocycles. The van der Waals surface area contributed by atoms with Crippen molar-refractivity contribution in [1.82, 2.24) is 0 Å². The Kier molecular flexibility index (Phi) is 3.07. The minimum absolute atomic E-state index is 0.229. The lowest BCUT2D eigenvalue weighted by molar-refractivity contribution is 0.00578. The van der Waals surface area contributed by atoms with Gasteiger partial charge in [-0.2, -0.15) is 0 Å². The molecule has 0 amide bonds. The molecule has 0 spiro atoms. The summed E-state index contributed by atoms with van der Waals surface area (Å²) in [6.45, 7) is 14.3. The van der Waals surface area contributed by atoms with Crippen molar-refractivity contribution < 1.29 is 9.31 Å². The first kappa shape index (κ1) is 15.5. The normalized spacial score (nSPS) is 27.4. The lowest BCUT2D eigenvalue weighted by atomic mass is 9.77. The van der Waals surface area contributed by atoms with Gasteiger partial charge >= 0.3 is 7.12 Å². The molecule has 0 bridgehead atoms. The van der Waals surface area contributed by atoms with Gasteiger partial charge in [0.1, 0.15) is 0 Å². The molecule has 2 fully saturated rings. The van der Waals surface area contributed by atoms with E-state index >= 15 is 0 Å². The van der Waals surface area contributed by atoms with Crippen molar-refractivity contribution in [2.24, 2.45) is 0 Å². The zero-order valence-electron chi connectivity index (χ0n) is 15.3. The van der Waals surface area contributed by atoms with E-state index in [2.05, 4.69) is 64.6 Å². The van der Waals surface area contributed by atoms with Crippen LogP contribution < -0.4 is 10.4 Å². The monoisotopic (exact) mass is 313 g/mol. The van der Waals surface area contributed by atoms with Crippen LogP contribution >= 0.6 is 0 Å². The topological polar surface area (TPSA) is 21.7 Å². The maximum atomic E-state index is 6.23. The largest absolute Gasteiger partial charge is 0.494 e. The summed E-state index contributed by atoms with van der Waals surface area (Å²) >= 11 is 0. The third-order valence-corrected chi connectivity index (χ3v) is 6.14. The summed E-state index contributed by atoms with van der Waals surface area (Å²) in [5, 5.41) is 0. The van der Waals surface area contributed by atoms with Crippen LogP contribution in [0.1, 0.15) is 59.9 Å². The van der Waals surface area contributed by atoms with Gasteiger partial charge in [0.2, 0.25) is 0 Å². The third kappa shape index (κ3) is 2.33. The molecule has 1 saturated carbocycles. The van der Waals surface area contributed by atoms with E-state index in [-0.39, 0.29) is 23.7 Å². The van der Waals surface area contributed by atoms with Crippen LogP contribution in [0.4, 0.5) is 5.69 Å². The fourth-order valence-electron chi connectivity index (χ4n) is 3.79. The van der Waals surface area contributed by atoms with Gasteiger partial charge in [-0.15, -0.1) is 0 Å². The highest BCUT2D eigenvalue weighted by Crippen LogP contribution is 2.45. The molecule has 3 nitrogen and oxygen atoms in total. The van der Waals surface area contributed by atoms with Crippen molar-refractivity contribution in [3.05, 3.63) is 23.8 Å². The van der Waals surface area contributed by atoms with E-state index in [4.69, 9.17) is 9.31 Å². The summed E-state index contributed by atoms with van der Waals surface area (Å²) in [5.74, 6) is 0. The number of hydrogen-bond donors (Lipinski definition) is 0. The van der Waals surface area contributed by atoms with E-state index < -0.39 is 0 Å². The Balaban J connectivity index is 1.69. The van der Waals surface area contributed by atoms with Crippen LogP contribution in [0.2, 0.25) is 0 Å². The summed E-state index contributed by atoms with van der Waals surface area (Å²) in [7, 11) is -0.268. The number of benzene rings is 1. The number of rotatable bonds is 2. The minimum atomic E-state index is -0.286. The second kappa shape index (κ2) is 4.55. The van der Waals surface area contributed by atoms with E-state index in [1.54, 1.807) is 0 Å². The zero-order chi connectivity index (χ0) is 16.6. The third-order valence-electron chi connectivity index (χ3n) is 6.14. The van der Waals surface area contributed by atoms with Crippen LogP contribution in [-0.2, 0) is 14.7 Å². The average Bonchev–Trinajstić information content (AvgIpc) is 3.19. The molecule has 0 radical (unpaired) electrons. The van der Waals surface area contributed by atoms with Crippen molar-refractivity contribution in [2.45, 2.75) is 77.0 Å². The number of fused-ring (bicyclic) bond motifs is 1. The zero-order valence-corrected chi connectivity index (χ0v) is 15.3. The Morgan fingerprint density at radius 2 is 1.61 bits per heavy atom. The van der Waals surface area contributed by atoms with Gasteiger partial charge in [-0.05, 0) is 57.6 Å². The Bertz CT molecular complexity index is 633. The molecule has 2 heterocycles. The standard InChI is InChI=1S/C19H28BNO2/c1-17(2)12-21(14-8-9-14)16-11-13(7-10-15(16)17)20-22-18(3,4)19(5,6)23-20/h7,10-11,14H,8-9,12H2,1-6H3. The fraction of sp³-hybridized carbons (Fsp3) is 0.684. The number of hydrogen-bond acceptors (Lipinski definition) is 3. The minimum Gasteiger partial charge on any atom is -0.399 e. The summed E-state index contributed by atoms with van der Waals surface area (Å²) in [6.07, 6.45) is 2.66. The summed E-state index contributed by atoms with van der Waals surface area (Å²) in [5.41, 5.74) is 3.66. The molecule has 0 N–H and O–H groups in total. The van der Waals surface area contributed by atoms with E-state index in [9.17, 15) is 0 Å². The molecule has 1 aromatic carbocycles. The Hall–Kier alpha value is -0.995. The predicted octanol–water partition coefficient (Wildman–Crippen LogP) is 3.25. The Morgan fingerprint density at radius 3 is 2.17 bits per heavy atom. The summed E-state index contributed by atoms with van der Waals surface area (Å²) < 4.78 is 12.5. The van der Waals surface area contributed by atoms with Crippen LogP contribution in [0.3, 0.4) is 0 Å². The van der Waals surface area contributed by atoms with Crippen LogP contribution in [0, 0.1) is 0 Å². The first-order valence-corrected chi connectivity index (χ1v) is 8.87. The van der Waals surface area contributed by atoms with Crippen LogP contribution in [-0.4, -0.2) is 30.9 Å². The molecule has 4 heteroatoms. The van der Waals surface area contributed by atoms with Crippen molar-refractivity contribution in [3.8, 4) is 0 Å². The molecule has 0 atom stereocenters. The highest BCUT2D eigenvalue weighted by atomic mass is 16.7. The first-order valence-electron chi connectivity index (χ1n) is 8.87. The smallest absolute Gasteiger partial charge is 0.399 e. The van der Waals surface area contributed by atoms with Crippen LogP contribution in [0.25, 0.3) is 0 Å². The molecule has 1 aromatic rings. The highest BCUT2D eigenvalue weighted by Gasteiger charge is 2.52.